The lowest BCUT2D eigenvalue weighted by atomic mass is 9.86. The molecule has 0 aliphatic carbocycles. The van der Waals surface area contributed by atoms with Crippen molar-refractivity contribution in [3.05, 3.63) is 0 Å². The van der Waals surface area contributed by atoms with E-state index in [4.69, 9.17) is 0 Å². The van der Waals surface area contributed by atoms with Gasteiger partial charge in [0, 0.05) is 0 Å². The number of rotatable bonds is 14. The van der Waals surface area contributed by atoms with Crippen LogP contribution >= 0.6 is 0 Å². The van der Waals surface area contributed by atoms with Gasteiger partial charge in [-0.1, -0.05) is 26.7 Å². The number of hydrogen-bond acceptors (Lipinski definition) is 8. The zero-order chi connectivity index (χ0) is 23.5. The molecule has 0 aliphatic heterocycles. The predicted octanol–water partition coefficient (Wildman–Crippen LogP) is 4.49. The smallest absolute Gasteiger partial charge is 0.211 e. The van der Waals surface area contributed by atoms with Gasteiger partial charge in [0.25, 0.3) is 0 Å². The van der Waals surface area contributed by atoms with E-state index in [1.54, 1.807) is 12.2 Å². The van der Waals surface area contributed by atoms with E-state index in [2.05, 4.69) is 33.8 Å². The first-order chi connectivity index (χ1) is 14.1. The largest absolute Gasteiger partial charge is 0.235 e. The van der Waals surface area contributed by atoms with Crippen molar-refractivity contribution in [1.82, 2.24) is 0 Å². The molecule has 0 saturated heterocycles. The van der Waals surface area contributed by atoms with Crippen molar-refractivity contribution in [2.45, 2.75) is 91.1 Å². The van der Waals surface area contributed by atoms with Gasteiger partial charge in [0.2, 0.25) is 24.3 Å². The molecule has 0 bridgehead atoms. The Labute approximate surface area is 180 Å². The monoisotopic (exact) mass is 420 g/mol. The van der Waals surface area contributed by atoms with E-state index < -0.39 is 0 Å². The summed E-state index contributed by atoms with van der Waals surface area (Å²) < 4.78 is 0. The fourth-order valence-corrected chi connectivity index (χ4v) is 2.54. The minimum Gasteiger partial charge on any atom is -0.211 e. The Kier molecular flexibility index (Phi) is 17.2. The van der Waals surface area contributed by atoms with E-state index >= 15 is 0 Å². The maximum Gasteiger partial charge on any atom is 0.235 e. The van der Waals surface area contributed by atoms with Crippen LogP contribution < -0.4 is 0 Å². The highest BCUT2D eigenvalue weighted by Gasteiger charge is 2.25. The first-order valence-corrected chi connectivity index (χ1v) is 10.3. The molecular weight excluding hydrogens is 384 g/mol. The highest BCUT2D eigenvalue weighted by molar-refractivity contribution is 5.35. The molecule has 2 atom stereocenters. The lowest BCUT2D eigenvalue weighted by Crippen LogP contribution is -2.26. The lowest BCUT2D eigenvalue weighted by molar-refractivity contribution is 0.320. The topological polar surface area (TPSA) is 118 Å². The molecule has 2 unspecified atom stereocenters. The summed E-state index contributed by atoms with van der Waals surface area (Å²) in [5.41, 5.74) is -0.703. The molecule has 0 aliphatic rings. The SMILES string of the molecule is CC(CCCCN=C=O)C(C)(C)N=C=O.CC(CCCCN=C=O)C(C)(C)N=C=O. The minimum absolute atomic E-state index is 0.319. The average Bonchev–Trinajstić information content (AvgIpc) is 2.67. The molecule has 168 valence electrons. The second kappa shape index (κ2) is 17.4. The number of isocyanates is 4. The van der Waals surface area contributed by atoms with Crippen LogP contribution in [0.25, 0.3) is 0 Å². The summed E-state index contributed by atoms with van der Waals surface area (Å²) in [6.07, 6.45) is 11.9. The first-order valence-electron chi connectivity index (χ1n) is 10.3. The van der Waals surface area contributed by atoms with Crippen LogP contribution in [0.3, 0.4) is 0 Å². The summed E-state index contributed by atoms with van der Waals surface area (Å²) in [4.78, 5) is 54.5. The van der Waals surface area contributed by atoms with Crippen molar-refractivity contribution in [2.24, 2.45) is 31.8 Å². The molecule has 0 aromatic rings. The van der Waals surface area contributed by atoms with Gasteiger partial charge < -0.3 is 0 Å². The fraction of sp³-hybridized carbons (Fsp3) is 0.818. The standard InChI is InChI=1S/2C11H18N2O2/c2*1-10(11(2,3)13-9-15)6-4-5-7-12-8-14/h2*10H,4-7H2,1-3H3. The molecule has 8 nitrogen and oxygen atoms in total. The van der Waals surface area contributed by atoms with E-state index in [1.807, 2.05) is 27.7 Å². The molecule has 0 N–H and O–H groups in total. The molecule has 0 saturated carbocycles. The zero-order valence-corrected chi connectivity index (χ0v) is 19.2. The second-order valence-electron chi connectivity index (χ2n) is 8.45. The van der Waals surface area contributed by atoms with Gasteiger partial charge >= 0.3 is 0 Å². The predicted molar refractivity (Wildman–Crippen MR) is 116 cm³/mol. The number of aliphatic imine (C=N–C) groups is 4. The quantitative estimate of drug-likeness (QED) is 0.234. The summed E-state index contributed by atoms with van der Waals surface area (Å²) in [6, 6.07) is 0. The summed E-state index contributed by atoms with van der Waals surface area (Å²) in [6.45, 7) is 12.9. The Morgan fingerprint density at radius 3 is 1.20 bits per heavy atom. The summed E-state index contributed by atoms with van der Waals surface area (Å²) in [5.74, 6) is 0.637. The number of nitrogens with zero attached hydrogens (tertiary/aromatic N) is 4. The van der Waals surface area contributed by atoms with Crippen LogP contribution in [-0.4, -0.2) is 48.5 Å². The van der Waals surface area contributed by atoms with Crippen molar-refractivity contribution >= 4 is 24.3 Å². The van der Waals surface area contributed by atoms with E-state index in [0.717, 1.165) is 38.5 Å². The van der Waals surface area contributed by atoms with E-state index in [1.165, 1.54) is 12.2 Å². The third-order valence-corrected chi connectivity index (χ3v) is 5.52. The van der Waals surface area contributed by atoms with Crippen molar-refractivity contribution in [1.29, 1.82) is 0 Å². The molecule has 0 rings (SSSR count). The maximum atomic E-state index is 10.2. The minimum atomic E-state index is -0.352. The van der Waals surface area contributed by atoms with Crippen molar-refractivity contribution in [3.8, 4) is 0 Å². The molecule has 8 heteroatoms. The summed E-state index contributed by atoms with van der Waals surface area (Å²) in [7, 11) is 0. The molecule has 0 aromatic carbocycles. The number of carbonyl (C=O) groups excluding carboxylic acids is 4. The third kappa shape index (κ3) is 15.4. The van der Waals surface area contributed by atoms with E-state index in [0.29, 0.717) is 24.9 Å². The Hall–Kier alpha value is -2.48. The van der Waals surface area contributed by atoms with Crippen LogP contribution in [0.1, 0.15) is 80.1 Å². The highest BCUT2D eigenvalue weighted by atomic mass is 16.1. The van der Waals surface area contributed by atoms with Crippen LogP contribution in [-0.2, 0) is 19.2 Å². The molecule has 0 aromatic heterocycles. The average molecular weight is 421 g/mol. The van der Waals surface area contributed by atoms with Crippen molar-refractivity contribution in [3.63, 3.8) is 0 Å². The normalized spacial score (nSPS) is 12.5. The van der Waals surface area contributed by atoms with Crippen LogP contribution in [0.15, 0.2) is 20.0 Å². The molecule has 0 heterocycles. The molecule has 30 heavy (non-hydrogen) atoms. The Morgan fingerprint density at radius 2 is 0.933 bits per heavy atom. The number of unbranched alkanes of at least 4 members (excludes halogenated alkanes) is 2. The van der Waals surface area contributed by atoms with Gasteiger partial charge in [0.15, 0.2) is 0 Å². The molecule has 0 radical (unpaired) electrons. The van der Waals surface area contributed by atoms with Gasteiger partial charge in [0.05, 0.1) is 24.2 Å². The zero-order valence-electron chi connectivity index (χ0n) is 19.2. The van der Waals surface area contributed by atoms with Gasteiger partial charge in [-0.3, -0.25) is 0 Å². The van der Waals surface area contributed by atoms with E-state index in [9.17, 15) is 19.2 Å². The van der Waals surface area contributed by atoms with E-state index in [-0.39, 0.29) is 11.1 Å². The lowest BCUT2D eigenvalue weighted by Gasteiger charge is -2.25. The third-order valence-electron chi connectivity index (χ3n) is 5.52. The maximum absolute atomic E-state index is 10.2. The van der Waals surface area contributed by atoms with Crippen molar-refractivity contribution in [2.75, 3.05) is 13.1 Å². The number of hydrogen-bond donors (Lipinski definition) is 0. The molecule has 0 amide bonds. The van der Waals surface area contributed by atoms with Crippen LogP contribution in [0.5, 0.6) is 0 Å². The second-order valence-corrected chi connectivity index (χ2v) is 8.45. The summed E-state index contributed by atoms with van der Waals surface area (Å²) >= 11 is 0. The Morgan fingerprint density at radius 1 is 0.600 bits per heavy atom. The van der Waals surface area contributed by atoms with Gasteiger partial charge in [-0.25, -0.2) is 29.2 Å². The van der Waals surface area contributed by atoms with Crippen LogP contribution in [0.4, 0.5) is 0 Å². The fourth-order valence-electron chi connectivity index (χ4n) is 2.54. The van der Waals surface area contributed by atoms with Gasteiger partial charge in [-0.15, -0.1) is 0 Å². The molecule has 0 spiro atoms. The first kappa shape index (κ1) is 29.7. The molecule has 0 fully saturated rings. The van der Waals surface area contributed by atoms with Crippen LogP contribution in [0, 0.1) is 11.8 Å². The van der Waals surface area contributed by atoms with Gasteiger partial charge in [0.1, 0.15) is 0 Å². The Balaban J connectivity index is 0. The Bertz CT molecular complexity index is 607. The van der Waals surface area contributed by atoms with Crippen molar-refractivity contribution < 1.29 is 19.2 Å². The molecular formula is C22H36N4O4. The highest BCUT2D eigenvalue weighted by Crippen LogP contribution is 2.26. The van der Waals surface area contributed by atoms with Gasteiger partial charge in [-0.05, 0) is 65.2 Å². The van der Waals surface area contributed by atoms with Gasteiger partial charge in [-0.2, -0.15) is 9.98 Å². The van der Waals surface area contributed by atoms with Crippen LogP contribution in [0.2, 0.25) is 0 Å². The summed E-state index contributed by atoms with van der Waals surface area (Å²) in [5, 5.41) is 0.